The predicted molar refractivity (Wildman–Crippen MR) is 89.6 cm³/mol. The van der Waals surface area contributed by atoms with Crippen LogP contribution in [-0.4, -0.2) is 28.5 Å². The molecule has 0 saturated carbocycles. The van der Waals surface area contributed by atoms with Gasteiger partial charge in [0.15, 0.2) is 5.82 Å². The number of nitrogens with zero attached hydrogens (tertiary/aromatic N) is 3. The summed E-state index contributed by atoms with van der Waals surface area (Å²) in [5.74, 6) is 1.28. The summed E-state index contributed by atoms with van der Waals surface area (Å²) < 4.78 is 4.53. The van der Waals surface area contributed by atoms with E-state index in [1.165, 1.54) is 0 Å². The Morgan fingerprint density at radius 2 is 1.65 bits per heavy atom. The normalized spacial score (nSPS) is 11.4. The molecule has 1 heterocycles. The van der Waals surface area contributed by atoms with Crippen LogP contribution in [0.2, 0.25) is 10.0 Å². The number of fused-ring (bicyclic) bond motifs is 1. The van der Waals surface area contributed by atoms with E-state index in [2.05, 4.69) is 19.6 Å². The van der Waals surface area contributed by atoms with Crippen LogP contribution in [-0.2, 0) is 10.7 Å². The zero-order valence-corrected chi connectivity index (χ0v) is 14.1. The number of hydrogen-bond donors (Lipinski definition) is 1. The number of anilines is 1. The molecule has 0 radical (unpaired) electrons. The van der Waals surface area contributed by atoms with Gasteiger partial charge in [0.25, 0.3) is 0 Å². The van der Waals surface area contributed by atoms with Crippen LogP contribution in [0.4, 0.5) is 11.6 Å². The van der Waals surface area contributed by atoms with Crippen LogP contribution in [0.5, 0.6) is 0 Å². The summed E-state index contributed by atoms with van der Waals surface area (Å²) in [6.45, 7) is 4.09. The van der Waals surface area contributed by atoms with E-state index in [1.54, 1.807) is 12.1 Å². The lowest BCUT2D eigenvalue weighted by Gasteiger charge is -2.12. The fourth-order valence-corrected chi connectivity index (χ4v) is 2.44. The summed E-state index contributed by atoms with van der Waals surface area (Å²) in [4.78, 5) is 9.11. The summed E-state index contributed by atoms with van der Waals surface area (Å²) >= 11 is 12.1. The molecule has 1 N–H and O–H groups in total. The van der Waals surface area contributed by atoms with Crippen molar-refractivity contribution in [1.29, 1.82) is 0 Å². The first kappa shape index (κ1) is 15.5. The fraction of sp³-hybridized carbons (Fsp3) is 0.385. The molecular formula is C13H16Cl2N4S. The second kappa shape index (κ2) is 6.24. The van der Waals surface area contributed by atoms with E-state index in [9.17, 15) is 0 Å². The average molecular weight is 331 g/mol. The van der Waals surface area contributed by atoms with E-state index in [1.807, 2.05) is 26.4 Å². The molecule has 0 aliphatic rings. The third kappa shape index (κ3) is 3.59. The van der Waals surface area contributed by atoms with Gasteiger partial charge in [-0.1, -0.05) is 33.9 Å². The molecule has 0 fully saturated rings. The zero-order chi connectivity index (χ0) is 14.9. The van der Waals surface area contributed by atoms with Crippen LogP contribution in [0, 0.1) is 0 Å². The Labute approximate surface area is 131 Å². The maximum atomic E-state index is 6.03. The van der Waals surface area contributed by atoms with Gasteiger partial charge in [0.1, 0.15) is 0 Å². The minimum absolute atomic E-state index is 0.121. The molecular weight excluding hydrogens is 315 g/mol. The lowest BCUT2D eigenvalue weighted by molar-refractivity contribution is 0.889. The van der Waals surface area contributed by atoms with Gasteiger partial charge in [-0.05, 0) is 38.5 Å². The first-order chi connectivity index (χ1) is 9.36. The van der Waals surface area contributed by atoms with Gasteiger partial charge in [-0.25, -0.2) is 14.3 Å². The van der Waals surface area contributed by atoms with Crippen LogP contribution in [0.25, 0.3) is 11.0 Å². The zero-order valence-electron chi connectivity index (χ0n) is 11.7. The van der Waals surface area contributed by atoms with Gasteiger partial charge < -0.3 is 5.32 Å². The molecule has 7 heteroatoms. The van der Waals surface area contributed by atoms with Crippen LogP contribution in [0.3, 0.4) is 0 Å². The van der Waals surface area contributed by atoms with E-state index in [4.69, 9.17) is 23.2 Å². The Kier molecular flexibility index (Phi) is 4.83. The van der Waals surface area contributed by atoms with Crippen molar-refractivity contribution in [2.24, 2.45) is 4.36 Å². The van der Waals surface area contributed by atoms with Gasteiger partial charge in [-0.15, -0.1) is 0 Å². The molecule has 1 aromatic heterocycles. The average Bonchev–Trinajstić information content (AvgIpc) is 2.31. The Balaban J connectivity index is 2.67. The number of benzene rings is 1. The summed E-state index contributed by atoms with van der Waals surface area (Å²) in [7, 11) is -0.121. The van der Waals surface area contributed by atoms with Gasteiger partial charge in [-0.2, -0.15) is 0 Å². The Hall–Kier alpha value is -0.910. The smallest absolute Gasteiger partial charge is 0.202 e. The number of aromatic nitrogens is 2. The molecule has 2 rings (SSSR count). The number of nitrogens with one attached hydrogen (secondary N) is 1. The van der Waals surface area contributed by atoms with Gasteiger partial charge in [0.05, 0.1) is 21.1 Å². The maximum absolute atomic E-state index is 6.03. The highest BCUT2D eigenvalue weighted by atomic mass is 35.5. The van der Waals surface area contributed by atoms with Gasteiger partial charge in [-0.3, -0.25) is 0 Å². The van der Waals surface area contributed by atoms with Crippen LogP contribution in [0.15, 0.2) is 16.5 Å². The van der Waals surface area contributed by atoms with Crippen molar-refractivity contribution < 1.29 is 0 Å². The molecule has 0 saturated heterocycles. The third-order valence-electron chi connectivity index (χ3n) is 2.38. The second-order valence-electron chi connectivity index (χ2n) is 4.81. The van der Waals surface area contributed by atoms with Crippen molar-refractivity contribution in [2.75, 3.05) is 17.8 Å². The molecule has 0 aliphatic carbocycles. The first-order valence-corrected chi connectivity index (χ1v) is 8.85. The van der Waals surface area contributed by atoms with Crippen molar-refractivity contribution in [3.8, 4) is 0 Å². The van der Waals surface area contributed by atoms with Gasteiger partial charge in [0, 0.05) is 6.04 Å². The standard InChI is InChI=1S/C13H16Cl2N4S/c1-7(2)16-12-13(19-20(3)4)18-11-6-9(15)8(14)5-10(11)17-12/h5-7H,1-4H3,(H,16,17). The number of hydrogen-bond acceptors (Lipinski definition) is 4. The lowest BCUT2D eigenvalue weighted by atomic mass is 10.3. The van der Waals surface area contributed by atoms with Crippen LogP contribution < -0.4 is 5.32 Å². The first-order valence-electron chi connectivity index (χ1n) is 6.09. The molecule has 20 heavy (non-hydrogen) atoms. The molecule has 1 aromatic carbocycles. The minimum Gasteiger partial charge on any atom is -0.365 e. The third-order valence-corrected chi connectivity index (χ3v) is 3.64. The summed E-state index contributed by atoms with van der Waals surface area (Å²) in [6.07, 6.45) is 4.06. The van der Waals surface area contributed by atoms with Gasteiger partial charge >= 0.3 is 0 Å². The van der Waals surface area contributed by atoms with Crippen LogP contribution in [0.1, 0.15) is 13.8 Å². The lowest BCUT2D eigenvalue weighted by Crippen LogP contribution is -2.12. The molecule has 0 atom stereocenters. The summed E-state index contributed by atoms with van der Waals surface area (Å²) in [5.41, 5.74) is 1.39. The van der Waals surface area contributed by atoms with Crippen molar-refractivity contribution in [1.82, 2.24) is 9.97 Å². The maximum Gasteiger partial charge on any atom is 0.202 e. The highest BCUT2D eigenvalue weighted by molar-refractivity contribution is 7.85. The highest BCUT2D eigenvalue weighted by Crippen LogP contribution is 2.30. The molecule has 0 aliphatic heterocycles. The Bertz CT molecular complexity index is 682. The Morgan fingerprint density at radius 3 is 2.15 bits per heavy atom. The van der Waals surface area contributed by atoms with Crippen molar-refractivity contribution >= 4 is 56.6 Å². The molecule has 0 amide bonds. The monoisotopic (exact) mass is 330 g/mol. The molecule has 0 spiro atoms. The minimum atomic E-state index is -0.121. The van der Waals surface area contributed by atoms with E-state index in [-0.39, 0.29) is 16.7 Å². The predicted octanol–water partition coefficient (Wildman–Crippen LogP) is 4.45. The molecule has 2 aromatic rings. The van der Waals surface area contributed by atoms with E-state index < -0.39 is 0 Å². The van der Waals surface area contributed by atoms with Crippen molar-refractivity contribution in [3.63, 3.8) is 0 Å². The molecule has 108 valence electrons. The summed E-state index contributed by atoms with van der Waals surface area (Å²) in [6, 6.07) is 3.68. The van der Waals surface area contributed by atoms with E-state index >= 15 is 0 Å². The van der Waals surface area contributed by atoms with Crippen LogP contribution >= 0.6 is 23.2 Å². The molecule has 4 nitrogen and oxygen atoms in total. The quantitative estimate of drug-likeness (QED) is 0.904. The topological polar surface area (TPSA) is 50.2 Å². The number of halogens is 2. The van der Waals surface area contributed by atoms with Gasteiger partial charge in [0.2, 0.25) is 5.82 Å². The molecule has 0 unspecified atom stereocenters. The van der Waals surface area contributed by atoms with Crippen molar-refractivity contribution in [2.45, 2.75) is 19.9 Å². The second-order valence-corrected chi connectivity index (χ2v) is 7.36. The Morgan fingerprint density at radius 1 is 1.10 bits per heavy atom. The van der Waals surface area contributed by atoms with E-state index in [0.717, 1.165) is 0 Å². The largest absolute Gasteiger partial charge is 0.365 e. The SMILES string of the molecule is CC(C)Nc1nc2cc(Cl)c(Cl)cc2nc1N=S(C)C. The molecule has 0 bridgehead atoms. The highest BCUT2D eigenvalue weighted by Gasteiger charge is 2.11. The fourth-order valence-electron chi connectivity index (χ4n) is 1.65. The van der Waals surface area contributed by atoms with Crippen molar-refractivity contribution in [3.05, 3.63) is 22.2 Å². The number of rotatable bonds is 3. The van der Waals surface area contributed by atoms with E-state index in [0.29, 0.717) is 32.7 Å². The summed E-state index contributed by atoms with van der Waals surface area (Å²) in [5, 5.41) is 4.21.